The molecule has 2 N–H and O–H groups in total. The van der Waals surface area contributed by atoms with Gasteiger partial charge >= 0.3 is 5.97 Å². The van der Waals surface area contributed by atoms with Crippen molar-refractivity contribution in [1.82, 2.24) is 0 Å². The Morgan fingerprint density at radius 1 is 1.41 bits per heavy atom. The van der Waals surface area contributed by atoms with Gasteiger partial charge in [-0.05, 0) is 37.0 Å². The maximum atomic E-state index is 13.4. The molecule has 1 aromatic carbocycles. The maximum absolute atomic E-state index is 13.4. The summed E-state index contributed by atoms with van der Waals surface area (Å²) in [6, 6.07) is 3.43. The number of carbonyl (C=O) groups excluding carboxylic acids is 1. The van der Waals surface area contributed by atoms with Crippen molar-refractivity contribution in [2.45, 2.75) is 19.3 Å². The van der Waals surface area contributed by atoms with Crippen molar-refractivity contribution in [3.63, 3.8) is 0 Å². The molecule has 1 fully saturated rings. The molecule has 1 aliphatic rings. The molecule has 0 saturated heterocycles. The lowest BCUT2D eigenvalue weighted by Crippen LogP contribution is -2.13. The first kappa shape index (κ1) is 11.6. The molecular weight excluding hydrogens is 225 g/mol. The maximum Gasteiger partial charge on any atom is 0.335 e. The molecule has 1 saturated carbocycles. The zero-order chi connectivity index (χ0) is 12.4. The van der Waals surface area contributed by atoms with Crippen LogP contribution in [0.4, 0.5) is 10.1 Å². The summed E-state index contributed by atoms with van der Waals surface area (Å²) in [5, 5.41) is 11.1. The van der Waals surface area contributed by atoms with Gasteiger partial charge < -0.3 is 10.4 Å². The summed E-state index contributed by atoms with van der Waals surface area (Å²) in [6.07, 6.45) is 2.50. The van der Waals surface area contributed by atoms with Crippen molar-refractivity contribution in [1.29, 1.82) is 0 Å². The van der Waals surface area contributed by atoms with E-state index >= 15 is 0 Å². The van der Waals surface area contributed by atoms with Crippen LogP contribution in [0.1, 0.15) is 29.6 Å². The fourth-order valence-electron chi connectivity index (χ4n) is 1.53. The van der Waals surface area contributed by atoms with E-state index < -0.39 is 11.8 Å². The van der Waals surface area contributed by atoms with Crippen LogP contribution in [0.5, 0.6) is 0 Å². The molecule has 0 atom stereocenters. The van der Waals surface area contributed by atoms with Gasteiger partial charge in [-0.15, -0.1) is 0 Å². The van der Waals surface area contributed by atoms with E-state index in [4.69, 9.17) is 5.11 Å². The molecule has 0 aliphatic heterocycles. The Hall–Kier alpha value is -1.91. The van der Waals surface area contributed by atoms with E-state index in [2.05, 4.69) is 5.32 Å². The van der Waals surface area contributed by atoms with Crippen molar-refractivity contribution in [3.8, 4) is 0 Å². The third-order valence-corrected chi connectivity index (χ3v) is 2.66. The minimum Gasteiger partial charge on any atom is -0.478 e. The number of anilines is 1. The first-order valence-corrected chi connectivity index (χ1v) is 5.39. The Bertz CT molecular complexity index is 469. The van der Waals surface area contributed by atoms with Crippen molar-refractivity contribution in [2.75, 3.05) is 5.32 Å². The topological polar surface area (TPSA) is 66.4 Å². The minimum atomic E-state index is -1.19. The van der Waals surface area contributed by atoms with Crippen LogP contribution in [-0.4, -0.2) is 17.0 Å². The molecule has 1 aliphatic carbocycles. The average molecular weight is 237 g/mol. The fourth-order valence-corrected chi connectivity index (χ4v) is 1.53. The van der Waals surface area contributed by atoms with Crippen LogP contribution in [-0.2, 0) is 4.79 Å². The van der Waals surface area contributed by atoms with Crippen LogP contribution < -0.4 is 5.32 Å². The van der Waals surface area contributed by atoms with Crippen molar-refractivity contribution >= 4 is 17.6 Å². The highest BCUT2D eigenvalue weighted by Crippen LogP contribution is 2.32. The number of halogens is 1. The Labute approximate surface area is 97.4 Å². The second kappa shape index (κ2) is 4.53. The third kappa shape index (κ3) is 3.03. The summed E-state index contributed by atoms with van der Waals surface area (Å²) in [6.45, 7) is 0. The SMILES string of the molecule is O=C(CC1CC1)Nc1ccc(C(=O)O)cc1F. The lowest BCUT2D eigenvalue weighted by Gasteiger charge is -2.06. The Morgan fingerprint density at radius 2 is 2.12 bits per heavy atom. The van der Waals surface area contributed by atoms with Gasteiger partial charge in [0.25, 0.3) is 0 Å². The summed E-state index contributed by atoms with van der Waals surface area (Å²) >= 11 is 0. The smallest absolute Gasteiger partial charge is 0.335 e. The number of carboxylic acid groups (broad SMARTS) is 1. The van der Waals surface area contributed by atoms with Crippen LogP contribution in [0.3, 0.4) is 0 Å². The normalized spacial score (nSPS) is 14.4. The number of carbonyl (C=O) groups is 2. The third-order valence-electron chi connectivity index (χ3n) is 2.66. The fraction of sp³-hybridized carbons (Fsp3) is 0.333. The van der Waals surface area contributed by atoms with Crippen LogP contribution in [0.2, 0.25) is 0 Å². The molecule has 17 heavy (non-hydrogen) atoms. The molecule has 0 heterocycles. The summed E-state index contributed by atoms with van der Waals surface area (Å²) in [4.78, 5) is 22.0. The number of carboxylic acids is 1. The molecule has 0 bridgehead atoms. The highest BCUT2D eigenvalue weighted by molar-refractivity contribution is 5.92. The molecule has 5 heteroatoms. The first-order valence-electron chi connectivity index (χ1n) is 5.39. The summed E-state index contributed by atoms with van der Waals surface area (Å²) < 4.78 is 13.4. The molecule has 0 unspecified atom stereocenters. The molecule has 4 nitrogen and oxygen atoms in total. The molecule has 0 aromatic heterocycles. The summed E-state index contributed by atoms with van der Waals surface area (Å²) in [5.74, 6) is -1.72. The monoisotopic (exact) mass is 237 g/mol. The van der Waals surface area contributed by atoms with E-state index in [1.54, 1.807) is 0 Å². The van der Waals surface area contributed by atoms with Crippen LogP contribution >= 0.6 is 0 Å². The number of benzene rings is 1. The van der Waals surface area contributed by atoms with E-state index in [0.717, 1.165) is 18.9 Å². The van der Waals surface area contributed by atoms with Gasteiger partial charge in [-0.2, -0.15) is 0 Å². The number of hydrogen-bond donors (Lipinski definition) is 2. The van der Waals surface area contributed by atoms with Gasteiger partial charge in [0.15, 0.2) is 0 Å². The van der Waals surface area contributed by atoms with Gasteiger partial charge in [-0.25, -0.2) is 9.18 Å². The van der Waals surface area contributed by atoms with Gasteiger partial charge in [0.05, 0.1) is 11.3 Å². The van der Waals surface area contributed by atoms with Gasteiger partial charge in [0, 0.05) is 6.42 Å². The number of amides is 1. The van der Waals surface area contributed by atoms with E-state index in [1.165, 1.54) is 12.1 Å². The molecule has 90 valence electrons. The second-order valence-corrected chi connectivity index (χ2v) is 4.20. The van der Waals surface area contributed by atoms with E-state index in [9.17, 15) is 14.0 Å². The van der Waals surface area contributed by atoms with E-state index in [-0.39, 0.29) is 17.2 Å². The van der Waals surface area contributed by atoms with Crippen LogP contribution in [0.25, 0.3) is 0 Å². The van der Waals surface area contributed by atoms with Gasteiger partial charge in [0.2, 0.25) is 5.91 Å². The zero-order valence-electron chi connectivity index (χ0n) is 9.07. The zero-order valence-corrected chi connectivity index (χ0v) is 9.07. The predicted octanol–water partition coefficient (Wildman–Crippen LogP) is 2.26. The minimum absolute atomic E-state index is 0.0284. The highest BCUT2D eigenvalue weighted by atomic mass is 19.1. The lowest BCUT2D eigenvalue weighted by molar-refractivity contribution is -0.116. The lowest BCUT2D eigenvalue weighted by atomic mass is 10.2. The quantitative estimate of drug-likeness (QED) is 0.844. The van der Waals surface area contributed by atoms with Crippen molar-refractivity contribution in [3.05, 3.63) is 29.6 Å². The van der Waals surface area contributed by atoms with Crippen molar-refractivity contribution < 1.29 is 19.1 Å². The Balaban J connectivity index is 2.04. The molecule has 1 aromatic rings. The van der Waals surface area contributed by atoms with E-state index in [0.29, 0.717) is 12.3 Å². The van der Waals surface area contributed by atoms with Gasteiger partial charge in [0.1, 0.15) is 5.82 Å². The van der Waals surface area contributed by atoms with Crippen molar-refractivity contribution in [2.24, 2.45) is 5.92 Å². The predicted molar refractivity (Wildman–Crippen MR) is 59.3 cm³/mol. The second-order valence-electron chi connectivity index (χ2n) is 4.20. The molecule has 2 rings (SSSR count). The highest BCUT2D eigenvalue weighted by Gasteiger charge is 2.24. The largest absolute Gasteiger partial charge is 0.478 e. The molecule has 1 amide bonds. The number of rotatable bonds is 4. The van der Waals surface area contributed by atoms with Crippen LogP contribution in [0.15, 0.2) is 18.2 Å². The summed E-state index contributed by atoms with van der Waals surface area (Å²) in [5.41, 5.74) is -0.108. The van der Waals surface area contributed by atoms with Crippen LogP contribution in [0, 0.1) is 11.7 Å². The van der Waals surface area contributed by atoms with E-state index in [1.807, 2.05) is 0 Å². The number of hydrogen-bond acceptors (Lipinski definition) is 2. The van der Waals surface area contributed by atoms with Gasteiger partial charge in [-0.1, -0.05) is 0 Å². The molecule has 0 spiro atoms. The molecular formula is C12H12FNO3. The number of aromatic carboxylic acids is 1. The molecule has 0 radical (unpaired) electrons. The number of nitrogens with one attached hydrogen (secondary N) is 1. The summed E-state index contributed by atoms with van der Waals surface area (Å²) in [7, 11) is 0. The first-order chi connectivity index (χ1) is 8.06. The van der Waals surface area contributed by atoms with Gasteiger partial charge in [-0.3, -0.25) is 4.79 Å². The Kier molecular flexibility index (Phi) is 3.08. The Morgan fingerprint density at radius 3 is 2.65 bits per heavy atom. The average Bonchev–Trinajstić information content (AvgIpc) is 3.04. The standard InChI is InChI=1S/C12H12FNO3/c13-9-6-8(12(16)17)3-4-10(9)14-11(15)5-7-1-2-7/h3-4,6-7H,1-2,5H2,(H,14,15)(H,16,17).